The first-order valence-electron chi connectivity index (χ1n) is 9.59. The molecule has 3 atom stereocenters. The summed E-state index contributed by atoms with van der Waals surface area (Å²) in [6, 6.07) is 3.80. The van der Waals surface area contributed by atoms with Gasteiger partial charge in [-0.15, -0.1) is 0 Å². The number of fused-ring (bicyclic) bond motifs is 1. The zero-order valence-electron chi connectivity index (χ0n) is 16.4. The number of rotatable bonds is 5. The minimum Gasteiger partial charge on any atom is -0.465 e. The lowest BCUT2D eigenvalue weighted by molar-refractivity contribution is -0.129. The van der Waals surface area contributed by atoms with E-state index in [-0.39, 0.29) is 41.2 Å². The summed E-state index contributed by atoms with van der Waals surface area (Å²) in [7, 11) is 2.44. The molecule has 9 heteroatoms. The molecule has 1 aliphatic carbocycles. The highest BCUT2D eigenvalue weighted by molar-refractivity contribution is 6.00. The molecule has 1 saturated carbocycles. The highest BCUT2D eigenvalue weighted by Gasteiger charge is 2.37. The Hall–Kier alpha value is -2.94. The molecule has 2 fully saturated rings. The maximum absolute atomic E-state index is 12.5. The van der Waals surface area contributed by atoms with Crippen molar-refractivity contribution in [3.8, 4) is 0 Å². The zero-order chi connectivity index (χ0) is 21.0. The van der Waals surface area contributed by atoms with Gasteiger partial charge in [0.25, 0.3) is 0 Å². The quantitative estimate of drug-likeness (QED) is 0.627. The topological polar surface area (TPSA) is 123 Å². The molecule has 1 aromatic carbocycles. The first-order valence-corrected chi connectivity index (χ1v) is 9.59. The number of carbonyl (C=O) groups is 4. The molecule has 1 heterocycles. The molecule has 0 radical (unpaired) electrons. The molecule has 3 rings (SSSR count). The SMILES string of the molecule is COC(=O)c1cc(NC(=O)C[C@@H]2N[C@H]3CCCC[C@@H]3NC2=O)cc(C(=O)OC)c1. The number of nitrogens with one attached hydrogen (secondary N) is 3. The molecule has 1 aromatic rings. The van der Waals surface area contributed by atoms with Crippen LogP contribution in [0, 0.1) is 0 Å². The third kappa shape index (κ3) is 4.92. The summed E-state index contributed by atoms with van der Waals surface area (Å²) >= 11 is 0. The highest BCUT2D eigenvalue weighted by atomic mass is 16.5. The van der Waals surface area contributed by atoms with E-state index in [1.807, 2.05) is 0 Å². The van der Waals surface area contributed by atoms with Crippen LogP contribution in [0.1, 0.15) is 52.8 Å². The second kappa shape index (κ2) is 9.04. The van der Waals surface area contributed by atoms with Crippen molar-refractivity contribution in [3.05, 3.63) is 29.3 Å². The Bertz CT molecular complexity index is 790. The average Bonchev–Trinajstić information content (AvgIpc) is 2.72. The molecule has 1 saturated heterocycles. The third-order valence-electron chi connectivity index (χ3n) is 5.27. The van der Waals surface area contributed by atoms with Gasteiger partial charge in [0.2, 0.25) is 11.8 Å². The monoisotopic (exact) mass is 403 g/mol. The third-order valence-corrected chi connectivity index (χ3v) is 5.27. The maximum atomic E-state index is 12.5. The molecule has 9 nitrogen and oxygen atoms in total. The van der Waals surface area contributed by atoms with Crippen LogP contribution in [0.15, 0.2) is 18.2 Å². The second-order valence-electron chi connectivity index (χ2n) is 7.26. The summed E-state index contributed by atoms with van der Waals surface area (Å²) in [6.45, 7) is 0. The smallest absolute Gasteiger partial charge is 0.337 e. The predicted molar refractivity (Wildman–Crippen MR) is 103 cm³/mol. The molecule has 1 aliphatic heterocycles. The molecule has 0 unspecified atom stereocenters. The van der Waals surface area contributed by atoms with Gasteiger partial charge >= 0.3 is 11.9 Å². The van der Waals surface area contributed by atoms with Crippen molar-refractivity contribution in [2.75, 3.05) is 19.5 Å². The molecule has 29 heavy (non-hydrogen) atoms. The van der Waals surface area contributed by atoms with E-state index in [4.69, 9.17) is 0 Å². The van der Waals surface area contributed by atoms with Gasteiger partial charge in [-0.25, -0.2) is 9.59 Å². The summed E-state index contributed by atoms with van der Waals surface area (Å²) in [5, 5.41) is 8.92. The molecular formula is C20H25N3O6. The minimum absolute atomic E-state index is 0.0644. The summed E-state index contributed by atoms with van der Waals surface area (Å²) in [5.41, 5.74) is 0.443. The van der Waals surface area contributed by atoms with Crippen molar-refractivity contribution >= 4 is 29.4 Å². The number of ether oxygens (including phenoxy) is 2. The number of anilines is 1. The van der Waals surface area contributed by atoms with Crippen molar-refractivity contribution in [2.24, 2.45) is 0 Å². The van der Waals surface area contributed by atoms with E-state index in [2.05, 4.69) is 25.4 Å². The maximum Gasteiger partial charge on any atom is 0.337 e. The van der Waals surface area contributed by atoms with Crippen molar-refractivity contribution in [1.82, 2.24) is 10.6 Å². The van der Waals surface area contributed by atoms with Crippen LogP contribution in [0.2, 0.25) is 0 Å². The number of benzene rings is 1. The van der Waals surface area contributed by atoms with Crippen LogP contribution in [0.25, 0.3) is 0 Å². The number of amides is 2. The van der Waals surface area contributed by atoms with Gasteiger partial charge in [0, 0.05) is 17.8 Å². The first kappa shape index (κ1) is 20.8. The molecule has 0 aromatic heterocycles. The molecular weight excluding hydrogens is 378 g/mol. The van der Waals surface area contributed by atoms with Gasteiger partial charge < -0.3 is 25.4 Å². The van der Waals surface area contributed by atoms with Crippen molar-refractivity contribution in [1.29, 1.82) is 0 Å². The van der Waals surface area contributed by atoms with Crippen molar-refractivity contribution < 1.29 is 28.7 Å². The Morgan fingerprint density at radius 1 is 1.00 bits per heavy atom. The largest absolute Gasteiger partial charge is 0.465 e. The molecule has 0 bridgehead atoms. The minimum atomic E-state index is -0.650. The van der Waals surface area contributed by atoms with E-state index in [1.165, 1.54) is 32.4 Å². The van der Waals surface area contributed by atoms with Gasteiger partial charge in [0.15, 0.2) is 0 Å². The molecule has 3 N–H and O–H groups in total. The lowest BCUT2D eigenvalue weighted by atomic mass is 9.87. The number of hydrogen-bond acceptors (Lipinski definition) is 7. The van der Waals surface area contributed by atoms with Gasteiger partial charge in [-0.3, -0.25) is 9.59 Å². The zero-order valence-corrected chi connectivity index (χ0v) is 16.4. The van der Waals surface area contributed by atoms with Crippen LogP contribution in [0.3, 0.4) is 0 Å². The summed E-state index contributed by atoms with van der Waals surface area (Å²) in [6.07, 6.45) is 4.03. The molecule has 0 spiro atoms. The normalized spacial score (nSPS) is 23.4. The van der Waals surface area contributed by atoms with E-state index in [0.29, 0.717) is 0 Å². The molecule has 2 amide bonds. The van der Waals surface area contributed by atoms with Gasteiger partial charge in [0.1, 0.15) is 0 Å². The van der Waals surface area contributed by atoms with E-state index in [0.717, 1.165) is 25.7 Å². The van der Waals surface area contributed by atoms with Crippen LogP contribution < -0.4 is 16.0 Å². The van der Waals surface area contributed by atoms with Gasteiger partial charge in [0.05, 0.1) is 37.8 Å². The Labute approximate surface area is 168 Å². The second-order valence-corrected chi connectivity index (χ2v) is 7.26. The van der Waals surface area contributed by atoms with Gasteiger partial charge in [-0.1, -0.05) is 12.8 Å². The number of esters is 2. The van der Waals surface area contributed by atoms with Crippen LogP contribution >= 0.6 is 0 Å². The number of methoxy groups -OCH3 is 2. The van der Waals surface area contributed by atoms with E-state index in [9.17, 15) is 19.2 Å². The van der Waals surface area contributed by atoms with Crippen LogP contribution in [-0.4, -0.2) is 56.1 Å². The van der Waals surface area contributed by atoms with Gasteiger partial charge in [-0.05, 0) is 31.0 Å². The predicted octanol–water partition coefficient (Wildman–Crippen LogP) is 0.988. The summed E-state index contributed by atoms with van der Waals surface area (Å²) < 4.78 is 9.37. The summed E-state index contributed by atoms with van der Waals surface area (Å²) in [5.74, 6) is -1.91. The van der Waals surface area contributed by atoms with Crippen molar-refractivity contribution in [2.45, 2.75) is 50.2 Å². The Balaban J connectivity index is 1.70. The lowest BCUT2D eigenvalue weighted by Crippen LogP contribution is -2.65. The fourth-order valence-electron chi connectivity index (χ4n) is 3.84. The number of piperazine rings is 1. The lowest BCUT2D eigenvalue weighted by Gasteiger charge is -2.40. The molecule has 2 aliphatic rings. The number of carbonyl (C=O) groups excluding carboxylic acids is 4. The average molecular weight is 403 g/mol. The van der Waals surface area contributed by atoms with E-state index < -0.39 is 23.9 Å². The Morgan fingerprint density at radius 2 is 1.59 bits per heavy atom. The Morgan fingerprint density at radius 3 is 2.17 bits per heavy atom. The Kier molecular flexibility index (Phi) is 6.48. The standard InChI is InChI=1S/C20H25N3O6/c1-28-19(26)11-7-12(20(27)29-2)9-13(8-11)21-17(24)10-16-18(25)23-15-6-4-3-5-14(15)22-16/h7-9,14-16,22H,3-6,10H2,1-2H3,(H,21,24)(H,23,25)/t14-,15-,16-/m0/s1. The number of hydrogen-bond donors (Lipinski definition) is 3. The van der Waals surface area contributed by atoms with Crippen LogP contribution in [0.5, 0.6) is 0 Å². The van der Waals surface area contributed by atoms with Crippen LogP contribution in [-0.2, 0) is 19.1 Å². The van der Waals surface area contributed by atoms with Crippen molar-refractivity contribution in [3.63, 3.8) is 0 Å². The molecule has 156 valence electrons. The van der Waals surface area contributed by atoms with E-state index >= 15 is 0 Å². The fourth-order valence-corrected chi connectivity index (χ4v) is 3.84. The first-order chi connectivity index (χ1) is 13.9. The van der Waals surface area contributed by atoms with Gasteiger partial charge in [-0.2, -0.15) is 0 Å². The summed E-state index contributed by atoms with van der Waals surface area (Å²) in [4.78, 5) is 48.6. The van der Waals surface area contributed by atoms with Crippen LogP contribution in [0.4, 0.5) is 5.69 Å². The van der Waals surface area contributed by atoms with E-state index in [1.54, 1.807) is 0 Å². The fraction of sp³-hybridized carbons (Fsp3) is 0.500. The highest BCUT2D eigenvalue weighted by Crippen LogP contribution is 2.23.